The van der Waals surface area contributed by atoms with E-state index in [4.69, 9.17) is 4.74 Å². The zero-order valence-electron chi connectivity index (χ0n) is 11.4. The van der Waals surface area contributed by atoms with Crippen LogP contribution in [0.5, 0.6) is 0 Å². The van der Waals surface area contributed by atoms with Gasteiger partial charge in [0.25, 0.3) is 0 Å². The number of nitrogens with one attached hydrogen (secondary N) is 1. The van der Waals surface area contributed by atoms with Crippen molar-refractivity contribution in [1.29, 1.82) is 0 Å². The van der Waals surface area contributed by atoms with Crippen LogP contribution in [0.1, 0.15) is 50.4 Å². The van der Waals surface area contributed by atoms with Crippen molar-refractivity contribution in [3.63, 3.8) is 0 Å². The summed E-state index contributed by atoms with van der Waals surface area (Å²) in [6, 6.07) is 3.78. The molecule has 0 aliphatic carbocycles. The first-order valence-electron chi connectivity index (χ1n) is 6.57. The molecule has 0 aliphatic rings. The molecule has 1 aromatic heterocycles. The highest BCUT2D eigenvalue weighted by Gasteiger charge is 2.14. The summed E-state index contributed by atoms with van der Waals surface area (Å²) < 4.78 is 5.01. The smallest absolute Gasteiger partial charge is 0.341 e. The molecule has 0 amide bonds. The fraction of sp³-hybridized carbons (Fsp3) is 0.571. The molecule has 100 valence electrons. The van der Waals surface area contributed by atoms with E-state index in [1.807, 2.05) is 0 Å². The molecule has 0 bridgehead atoms. The number of pyridine rings is 1. The Hall–Kier alpha value is -1.58. The molecule has 0 fully saturated rings. The van der Waals surface area contributed by atoms with E-state index < -0.39 is 0 Å². The van der Waals surface area contributed by atoms with Gasteiger partial charge in [0, 0.05) is 12.2 Å². The van der Waals surface area contributed by atoms with Gasteiger partial charge in [0.05, 0.1) is 6.61 Å². The number of unbranched alkanes of at least 4 members (excludes halogenated alkanes) is 1. The van der Waals surface area contributed by atoms with Crippen molar-refractivity contribution in [1.82, 2.24) is 4.98 Å². The first-order chi connectivity index (χ1) is 8.69. The number of carbonyl (C=O) groups excluding carboxylic acids is 1. The number of esters is 1. The summed E-state index contributed by atoms with van der Waals surface area (Å²) in [5, 5.41) is 3.27. The average molecular weight is 250 g/mol. The minimum absolute atomic E-state index is 0.299. The summed E-state index contributed by atoms with van der Waals surface area (Å²) in [5.74, 6) is 0.287. The minimum atomic E-state index is -0.323. The zero-order valence-corrected chi connectivity index (χ0v) is 11.4. The van der Waals surface area contributed by atoms with Crippen molar-refractivity contribution in [3.8, 4) is 0 Å². The molecular formula is C14H22N2O2. The normalized spacial score (nSPS) is 11.9. The molecule has 1 rings (SSSR count). The molecule has 1 aromatic rings. The fourth-order valence-corrected chi connectivity index (χ4v) is 1.71. The Morgan fingerprint density at radius 3 is 2.94 bits per heavy atom. The van der Waals surface area contributed by atoms with Crippen LogP contribution in [-0.2, 0) is 4.74 Å². The van der Waals surface area contributed by atoms with Crippen molar-refractivity contribution in [3.05, 3.63) is 23.9 Å². The van der Waals surface area contributed by atoms with Crippen molar-refractivity contribution in [2.45, 2.75) is 46.1 Å². The molecule has 0 aliphatic heterocycles. The van der Waals surface area contributed by atoms with Crippen LogP contribution in [0.15, 0.2) is 18.3 Å². The topological polar surface area (TPSA) is 51.2 Å². The molecule has 0 saturated heterocycles. The van der Waals surface area contributed by atoms with Gasteiger partial charge in [-0.3, -0.25) is 0 Å². The number of rotatable bonds is 7. The summed E-state index contributed by atoms with van der Waals surface area (Å²) in [6.45, 7) is 6.43. The van der Waals surface area contributed by atoms with Gasteiger partial charge in [0.2, 0.25) is 0 Å². The van der Waals surface area contributed by atoms with Crippen LogP contribution in [0, 0.1) is 0 Å². The lowest BCUT2D eigenvalue weighted by atomic mass is 10.1. The van der Waals surface area contributed by atoms with Crippen LogP contribution >= 0.6 is 0 Å². The minimum Gasteiger partial charge on any atom is -0.462 e. The van der Waals surface area contributed by atoms with E-state index in [2.05, 4.69) is 24.1 Å². The van der Waals surface area contributed by atoms with Crippen LogP contribution in [-0.4, -0.2) is 23.6 Å². The second-order valence-corrected chi connectivity index (χ2v) is 4.31. The molecule has 1 N–H and O–H groups in total. The predicted octanol–water partition coefficient (Wildman–Crippen LogP) is 3.25. The molecule has 1 atom stereocenters. The number of anilines is 1. The van der Waals surface area contributed by atoms with Gasteiger partial charge in [-0.15, -0.1) is 0 Å². The van der Waals surface area contributed by atoms with E-state index in [0.717, 1.165) is 12.8 Å². The molecule has 0 radical (unpaired) electrons. The second-order valence-electron chi connectivity index (χ2n) is 4.31. The van der Waals surface area contributed by atoms with Crippen LogP contribution in [0.3, 0.4) is 0 Å². The Morgan fingerprint density at radius 2 is 2.28 bits per heavy atom. The van der Waals surface area contributed by atoms with E-state index in [0.29, 0.717) is 24.0 Å². The van der Waals surface area contributed by atoms with Crippen LogP contribution < -0.4 is 5.32 Å². The summed E-state index contributed by atoms with van der Waals surface area (Å²) in [5.41, 5.74) is 0.502. The van der Waals surface area contributed by atoms with Gasteiger partial charge in [0.1, 0.15) is 11.4 Å². The molecule has 1 unspecified atom stereocenters. The highest BCUT2D eigenvalue weighted by Crippen LogP contribution is 2.15. The van der Waals surface area contributed by atoms with Crippen LogP contribution in [0.2, 0.25) is 0 Å². The highest BCUT2D eigenvalue weighted by atomic mass is 16.5. The summed E-state index contributed by atoms with van der Waals surface area (Å²) >= 11 is 0. The Kier molecular flexibility index (Phi) is 6.19. The molecule has 4 heteroatoms. The van der Waals surface area contributed by atoms with Crippen molar-refractivity contribution >= 4 is 11.8 Å². The molecular weight excluding hydrogens is 228 g/mol. The lowest BCUT2D eigenvalue weighted by Gasteiger charge is -2.16. The number of hydrogen-bond acceptors (Lipinski definition) is 4. The molecule has 0 saturated carbocycles. The quantitative estimate of drug-likeness (QED) is 0.755. The molecule has 18 heavy (non-hydrogen) atoms. The molecule has 4 nitrogen and oxygen atoms in total. The number of hydrogen-bond donors (Lipinski definition) is 1. The Morgan fingerprint density at radius 1 is 1.50 bits per heavy atom. The monoisotopic (exact) mass is 250 g/mol. The Bertz CT molecular complexity index is 380. The van der Waals surface area contributed by atoms with E-state index in [9.17, 15) is 4.79 Å². The number of nitrogens with zero attached hydrogens (tertiary/aromatic N) is 1. The summed E-state index contributed by atoms with van der Waals surface area (Å²) in [7, 11) is 0. The van der Waals surface area contributed by atoms with Gasteiger partial charge in [-0.05, 0) is 32.4 Å². The fourth-order valence-electron chi connectivity index (χ4n) is 1.71. The SMILES string of the molecule is CCCCC(C)Nc1ncccc1C(=O)OCC. The maximum atomic E-state index is 11.8. The third-order valence-corrected chi connectivity index (χ3v) is 2.68. The third-order valence-electron chi connectivity index (χ3n) is 2.68. The van der Waals surface area contributed by atoms with Gasteiger partial charge in [-0.1, -0.05) is 19.8 Å². The highest BCUT2D eigenvalue weighted by molar-refractivity contribution is 5.94. The lowest BCUT2D eigenvalue weighted by Crippen LogP contribution is -2.19. The largest absolute Gasteiger partial charge is 0.462 e. The van der Waals surface area contributed by atoms with Gasteiger partial charge in [0.15, 0.2) is 0 Å². The van der Waals surface area contributed by atoms with Gasteiger partial charge in [-0.25, -0.2) is 9.78 Å². The lowest BCUT2D eigenvalue weighted by molar-refractivity contribution is 0.0527. The first-order valence-corrected chi connectivity index (χ1v) is 6.57. The van der Waals surface area contributed by atoms with E-state index in [1.54, 1.807) is 25.3 Å². The number of ether oxygens (including phenoxy) is 1. The second kappa shape index (κ2) is 7.69. The molecule has 0 aromatic carbocycles. The standard InChI is InChI=1S/C14H22N2O2/c1-4-6-8-11(3)16-13-12(9-7-10-15-13)14(17)18-5-2/h7,9-11H,4-6,8H2,1-3H3,(H,15,16). The van der Waals surface area contributed by atoms with Gasteiger partial charge < -0.3 is 10.1 Å². The Balaban J connectivity index is 2.72. The first kappa shape index (κ1) is 14.5. The van der Waals surface area contributed by atoms with Crippen LogP contribution in [0.4, 0.5) is 5.82 Å². The van der Waals surface area contributed by atoms with Crippen molar-refractivity contribution in [2.24, 2.45) is 0 Å². The van der Waals surface area contributed by atoms with Gasteiger partial charge in [-0.2, -0.15) is 0 Å². The molecule has 1 heterocycles. The summed E-state index contributed by atoms with van der Waals surface area (Å²) in [6.07, 6.45) is 5.07. The van der Waals surface area contributed by atoms with Crippen molar-refractivity contribution in [2.75, 3.05) is 11.9 Å². The van der Waals surface area contributed by atoms with E-state index in [1.165, 1.54) is 6.42 Å². The van der Waals surface area contributed by atoms with E-state index >= 15 is 0 Å². The number of aromatic nitrogens is 1. The average Bonchev–Trinajstić information content (AvgIpc) is 2.37. The van der Waals surface area contributed by atoms with E-state index in [-0.39, 0.29) is 5.97 Å². The maximum absolute atomic E-state index is 11.8. The Labute approximate surface area is 109 Å². The van der Waals surface area contributed by atoms with Gasteiger partial charge >= 0.3 is 5.97 Å². The number of carbonyl (C=O) groups is 1. The molecule has 0 spiro atoms. The van der Waals surface area contributed by atoms with Crippen molar-refractivity contribution < 1.29 is 9.53 Å². The predicted molar refractivity (Wildman–Crippen MR) is 72.8 cm³/mol. The third kappa shape index (κ3) is 4.35. The zero-order chi connectivity index (χ0) is 13.4. The summed E-state index contributed by atoms with van der Waals surface area (Å²) in [4.78, 5) is 16.0. The maximum Gasteiger partial charge on any atom is 0.341 e. The van der Waals surface area contributed by atoms with Crippen LogP contribution in [0.25, 0.3) is 0 Å².